The van der Waals surface area contributed by atoms with E-state index in [0.717, 1.165) is 43.4 Å². The Morgan fingerprint density at radius 3 is 2.54 bits per heavy atom. The zero-order valence-corrected chi connectivity index (χ0v) is 16.1. The van der Waals surface area contributed by atoms with E-state index in [1.807, 2.05) is 48.9 Å². The lowest BCUT2D eigenvalue weighted by Crippen LogP contribution is -3.22. The van der Waals surface area contributed by atoms with Gasteiger partial charge in [-0.1, -0.05) is 18.2 Å². The van der Waals surface area contributed by atoms with Crippen LogP contribution < -0.4 is 10.2 Å². The Morgan fingerprint density at radius 1 is 1.23 bits per heavy atom. The molecule has 6 nitrogen and oxygen atoms in total. The van der Waals surface area contributed by atoms with Crippen molar-refractivity contribution >= 4 is 5.91 Å². The van der Waals surface area contributed by atoms with Crippen molar-refractivity contribution in [3.63, 3.8) is 0 Å². The maximum absolute atomic E-state index is 12.9. The lowest BCUT2D eigenvalue weighted by molar-refractivity contribution is -0.954. The van der Waals surface area contributed by atoms with Gasteiger partial charge < -0.3 is 15.0 Å². The van der Waals surface area contributed by atoms with Crippen LogP contribution in [0.3, 0.4) is 0 Å². The number of amides is 1. The summed E-state index contributed by atoms with van der Waals surface area (Å²) in [6, 6.07) is 9.90. The third kappa shape index (κ3) is 3.81. The minimum Gasteiger partial charge on any atom is -0.370 e. The first-order valence-corrected chi connectivity index (χ1v) is 9.23. The summed E-state index contributed by atoms with van der Waals surface area (Å²) in [4.78, 5) is 14.3. The van der Waals surface area contributed by atoms with Crippen molar-refractivity contribution < 1.29 is 14.4 Å². The molecular formula is C20H29N4O2+. The molecule has 0 aliphatic carbocycles. The first-order chi connectivity index (χ1) is 12.4. The van der Waals surface area contributed by atoms with E-state index in [9.17, 15) is 4.79 Å². The number of para-hydroxylation sites is 1. The summed E-state index contributed by atoms with van der Waals surface area (Å²) in [7, 11) is 0. The molecule has 6 heteroatoms. The minimum absolute atomic E-state index is 0.0311. The second-order valence-corrected chi connectivity index (χ2v) is 7.58. The van der Waals surface area contributed by atoms with Gasteiger partial charge in [-0.15, -0.1) is 0 Å². The molecule has 1 saturated heterocycles. The van der Waals surface area contributed by atoms with Gasteiger partial charge in [0.15, 0.2) is 0 Å². The van der Waals surface area contributed by atoms with Crippen LogP contribution in [0.25, 0.3) is 5.69 Å². The molecule has 2 heterocycles. The molecule has 0 bridgehead atoms. The summed E-state index contributed by atoms with van der Waals surface area (Å²) in [5.74, 6) is -0.0529. The second-order valence-electron chi connectivity index (χ2n) is 7.58. The monoisotopic (exact) mass is 357 g/mol. The van der Waals surface area contributed by atoms with Gasteiger partial charge >= 0.3 is 0 Å². The molecule has 26 heavy (non-hydrogen) atoms. The highest BCUT2D eigenvalue weighted by Crippen LogP contribution is 2.17. The summed E-state index contributed by atoms with van der Waals surface area (Å²) in [5.41, 5.74) is 3.21. The van der Waals surface area contributed by atoms with E-state index in [0.29, 0.717) is 12.1 Å². The Labute approximate surface area is 155 Å². The molecule has 1 aromatic carbocycles. The highest BCUT2D eigenvalue weighted by atomic mass is 16.5. The van der Waals surface area contributed by atoms with E-state index >= 15 is 0 Å². The van der Waals surface area contributed by atoms with Crippen molar-refractivity contribution in [2.45, 2.75) is 33.2 Å². The number of rotatable bonds is 5. The molecule has 2 N–H and O–H groups in total. The maximum atomic E-state index is 12.9. The quantitative estimate of drug-likeness (QED) is 0.836. The van der Waals surface area contributed by atoms with E-state index in [-0.39, 0.29) is 11.4 Å². The number of quaternary nitrogens is 1. The summed E-state index contributed by atoms with van der Waals surface area (Å²) < 4.78 is 7.28. The number of aromatic nitrogens is 2. The number of hydrogen-bond acceptors (Lipinski definition) is 3. The Kier molecular flexibility index (Phi) is 5.44. The van der Waals surface area contributed by atoms with Gasteiger partial charge in [0.1, 0.15) is 18.6 Å². The van der Waals surface area contributed by atoms with Crippen LogP contribution in [0.1, 0.15) is 35.6 Å². The van der Waals surface area contributed by atoms with Crippen LogP contribution in [0.4, 0.5) is 0 Å². The molecule has 1 fully saturated rings. The molecule has 1 aliphatic rings. The van der Waals surface area contributed by atoms with Gasteiger partial charge in [-0.25, -0.2) is 4.68 Å². The van der Waals surface area contributed by atoms with E-state index < -0.39 is 0 Å². The smallest absolute Gasteiger partial charge is 0.255 e. The number of aryl methyl sites for hydroxylation is 1. The summed E-state index contributed by atoms with van der Waals surface area (Å²) in [6.07, 6.45) is 0. The average Bonchev–Trinajstić information content (AvgIpc) is 2.96. The molecule has 0 spiro atoms. The predicted octanol–water partition coefficient (Wildman–Crippen LogP) is 0.913. The summed E-state index contributed by atoms with van der Waals surface area (Å²) >= 11 is 0. The highest BCUT2D eigenvalue weighted by Gasteiger charge is 2.33. The fourth-order valence-corrected chi connectivity index (χ4v) is 3.60. The van der Waals surface area contributed by atoms with Crippen molar-refractivity contribution in [3.8, 4) is 5.69 Å². The van der Waals surface area contributed by atoms with Crippen molar-refractivity contribution in [1.82, 2.24) is 15.1 Å². The van der Waals surface area contributed by atoms with Crippen LogP contribution in [0.15, 0.2) is 30.3 Å². The van der Waals surface area contributed by atoms with Gasteiger partial charge in [0, 0.05) is 0 Å². The number of hydrogen-bond donors (Lipinski definition) is 2. The molecule has 3 rings (SSSR count). The van der Waals surface area contributed by atoms with Crippen molar-refractivity contribution in [2.24, 2.45) is 0 Å². The van der Waals surface area contributed by atoms with Crippen molar-refractivity contribution in [1.29, 1.82) is 0 Å². The lowest BCUT2D eigenvalue weighted by atomic mass is 10.0. The Hall–Kier alpha value is -2.18. The number of carbonyl (C=O) groups is 1. The number of carbonyl (C=O) groups excluding carboxylic acids is 1. The number of benzene rings is 1. The van der Waals surface area contributed by atoms with E-state index in [1.54, 1.807) is 0 Å². The number of nitrogens with zero attached hydrogens (tertiary/aromatic N) is 2. The van der Waals surface area contributed by atoms with Crippen LogP contribution in [-0.4, -0.2) is 54.1 Å². The van der Waals surface area contributed by atoms with Crippen LogP contribution >= 0.6 is 0 Å². The summed E-state index contributed by atoms with van der Waals surface area (Å²) in [5, 5.41) is 7.70. The highest BCUT2D eigenvalue weighted by molar-refractivity contribution is 5.96. The van der Waals surface area contributed by atoms with E-state index in [1.165, 1.54) is 4.90 Å². The normalized spacial score (nSPS) is 15.8. The Bertz CT molecular complexity index is 762. The molecule has 0 radical (unpaired) electrons. The molecule has 2 aromatic rings. The molecule has 0 saturated carbocycles. The first kappa shape index (κ1) is 18.6. The van der Waals surface area contributed by atoms with Gasteiger partial charge in [-0.3, -0.25) is 4.79 Å². The third-order valence-electron chi connectivity index (χ3n) is 5.26. The fraction of sp³-hybridized carbons (Fsp3) is 0.500. The lowest BCUT2D eigenvalue weighted by Gasteiger charge is -2.37. The second kappa shape index (κ2) is 7.60. The topological polar surface area (TPSA) is 60.6 Å². The molecule has 1 aliphatic heterocycles. The predicted molar refractivity (Wildman–Crippen MR) is 101 cm³/mol. The standard InChI is InChI=1S/C20H28N4O2/c1-15-18(16(2)24(22-15)17-8-6-5-7-9-17)19(25)21-14-20(3,4)23-10-12-26-13-11-23/h5-9H,10-14H2,1-4H3,(H,21,25)/p+1. The SMILES string of the molecule is Cc1nn(-c2ccccc2)c(C)c1C(=O)NCC(C)(C)[NH+]1CCOCC1. The van der Waals surface area contributed by atoms with Gasteiger partial charge in [0.25, 0.3) is 5.91 Å². The summed E-state index contributed by atoms with van der Waals surface area (Å²) in [6.45, 7) is 12.4. The zero-order chi connectivity index (χ0) is 18.7. The molecule has 0 atom stereocenters. The average molecular weight is 357 g/mol. The number of morpholine rings is 1. The zero-order valence-electron chi connectivity index (χ0n) is 16.1. The third-order valence-corrected chi connectivity index (χ3v) is 5.26. The fourth-order valence-electron chi connectivity index (χ4n) is 3.60. The Morgan fingerprint density at radius 2 is 1.88 bits per heavy atom. The largest absolute Gasteiger partial charge is 0.370 e. The Balaban J connectivity index is 1.73. The van der Waals surface area contributed by atoms with E-state index in [2.05, 4.69) is 24.3 Å². The number of nitrogens with one attached hydrogen (secondary N) is 2. The van der Waals surface area contributed by atoms with Crippen LogP contribution in [0.2, 0.25) is 0 Å². The van der Waals surface area contributed by atoms with Gasteiger partial charge in [0.2, 0.25) is 0 Å². The number of ether oxygens (including phenoxy) is 1. The molecular weight excluding hydrogens is 328 g/mol. The molecule has 1 aromatic heterocycles. The minimum atomic E-state index is -0.0529. The van der Waals surface area contributed by atoms with Crippen molar-refractivity contribution in [2.75, 3.05) is 32.8 Å². The van der Waals surface area contributed by atoms with Crippen LogP contribution in [0, 0.1) is 13.8 Å². The molecule has 140 valence electrons. The van der Waals surface area contributed by atoms with Crippen molar-refractivity contribution in [3.05, 3.63) is 47.3 Å². The first-order valence-electron chi connectivity index (χ1n) is 9.23. The van der Waals surface area contributed by atoms with Gasteiger partial charge in [-0.05, 0) is 39.8 Å². The van der Waals surface area contributed by atoms with E-state index in [4.69, 9.17) is 4.74 Å². The molecule has 1 amide bonds. The molecule has 0 unspecified atom stereocenters. The van der Waals surface area contributed by atoms with Crippen LogP contribution in [-0.2, 0) is 4.74 Å². The van der Waals surface area contributed by atoms with Crippen LogP contribution in [0.5, 0.6) is 0 Å². The van der Waals surface area contributed by atoms with Gasteiger partial charge in [0.05, 0.1) is 42.4 Å². The van der Waals surface area contributed by atoms with Gasteiger partial charge in [-0.2, -0.15) is 5.10 Å². The maximum Gasteiger partial charge on any atom is 0.255 e.